The van der Waals surface area contributed by atoms with Crippen LogP contribution in [0.25, 0.3) is 0 Å². The number of anilines is 1. The van der Waals surface area contributed by atoms with Crippen molar-refractivity contribution >= 4 is 17.5 Å². The van der Waals surface area contributed by atoms with Gasteiger partial charge in [0.25, 0.3) is 5.91 Å². The number of aryl methyl sites for hydroxylation is 2. The molecule has 132 valence electrons. The molecular formula is C19H21FN2O3. The van der Waals surface area contributed by atoms with E-state index >= 15 is 0 Å². The Kier molecular flexibility index (Phi) is 6.11. The van der Waals surface area contributed by atoms with Gasteiger partial charge in [-0.15, -0.1) is 0 Å². The van der Waals surface area contributed by atoms with Crippen LogP contribution in [-0.2, 0) is 9.59 Å². The minimum atomic E-state index is -0.381. The fourth-order valence-electron chi connectivity index (χ4n) is 2.25. The minimum absolute atomic E-state index is 0.119. The van der Waals surface area contributed by atoms with E-state index in [2.05, 4.69) is 5.32 Å². The second-order valence-corrected chi connectivity index (χ2v) is 5.86. The highest BCUT2D eigenvalue weighted by atomic mass is 19.1. The van der Waals surface area contributed by atoms with E-state index in [-0.39, 0.29) is 30.8 Å². The quantitative estimate of drug-likeness (QED) is 0.877. The zero-order valence-corrected chi connectivity index (χ0v) is 14.5. The first-order valence-corrected chi connectivity index (χ1v) is 7.84. The second kappa shape index (κ2) is 8.28. The molecule has 0 atom stereocenters. The number of rotatable bonds is 6. The molecule has 0 spiro atoms. The van der Waals surface area contributed by atoms with Crippen molar-refractivity contribution in [3.05, 3.63) is 59.4 Å². The fourth-order valence-corrected chi connectivity index (χ4v) is 2.25. The van der Waals surface area contributed by atoms with Gasteiger partial charge in [0.05, 0.1) is 6.54 Å². The number of hydrogen-bond acceptors (Lipinski definition) is 3. The lowest BCUT2D eigenvalue weighted by molar-refractivity contribution is -0.135. The highest BCUT2D eigenvalue weighted by Gasteiger charge is 2.14. The lowest BCUT2D eigenvalue weighted by Gasteiger charge is -2.17. The van der Waals surface area contributed by atoms with Crippen molar-refractivity contribution in [1.82, 2.24) is 4.90 Å². The number of carbonyl (C=O) groups excluding carboxylic acids is 2. The largest absolute Gasteiger partial charge is 0.484 e. The van der Waals surface area contributed by atoms with E-state index in [1.54, 1.807) is 0 Å². The van der Waals surface area contributed by atoms with Crippen LogP contribution in [0.3, 0.4) is 0 Å². The van der Waals surface area contributed by atoms with E-state index in [1.165, 1.54) is 36.2 Å². The highest BCUT2D eigenvalue weighted by molar-refractivity contribution is 5.94. The summed E-state index contributed by atoms with van der Waals surface area (Å²) in [4.78, 5) is 25.3. The number of halogens is 1. The lowest BCUT2D eigenvalue weighted by Crippen LogP contribution is -2.37. The molecule has 5 nitrogen and oxygen atoms in total. The third kappa shape index (κ3) is 5.60. The Labute approximate surface area is 146 Å². The van der Waals surface area contributed by atoms with Gasteiger partial charge in [0.1, 0.15) is 11.6 Å². The predicted molar refractivity (Wildman–Crippen MR) is 94.1 cm³/mol. The third-order valence-electron chi connectivity index (χ3n) is 3.62. The summed E-state index contributed by atoms with van der Waals surface area (Å²) in [7, 11) is 1.53. The fraction of sp³-hybridized carbons (Fsp3) is 0.263. The molecule has 1 N–H and O–H groups in total. The van der Waals surface area contributed by atoms with Crippen molar-refractivity contribution in [2.75, 3.05) is 25.5 Å². The summed E-state index contributed by atoms with van der Waals surface area (Å²) in [5, 5.41) is 2.60. The molecule has 0 unspecified atom stereocenters. The van der Waals surface area contributed by atoms with Gasteiger partial charge in [-0.3, -0.25) is 9.59 Å². The molecule has 0 aromatic heterocycles. The van der Waals surface area contributed by atoms with E-state index < -0.39 is 0 Å². The molecule has 0 aliphatic carbocycles. The first-order valence-electron chi connectivity index (χ1n) is 7.84. The number of nitrogens with zero attached hydrogens (tertiary/aromatic N) is 1. The van der Waals surface area contributed by atoms with E-state index in [0.29, 0.717) is 11.4 Å². The van der Waals surface area contributed by atoms with E-state index in [1.807, 2.05) is 32.0 Å². The molecule has 2 amide bonds. The summed E-state index contributed by atoms with van der Waals surface area (Å²) in [5.41, 5.74) is 2.54. The van der Waals surface area contributed by atoms with Gasteiger partial charge in [0.2, 0.25) is 5.91 Å². The zero-order valence-electron chi connectivity index (χ0n) is 14.5. The molecule has 0 saturated heterocycles. The Morgan fingerprint density at radius 2 is 1.80 bits per heavy atom. The van der Waals surface area contributed by atoms with Crippen LogP contribution in [0.1, 0.15) is 11.1 Å². The number of ether oxygens (including phenoxy) is 1. The van der Waals surface area contributed by atoms with E-state index in [9.17, 15) is 14.0 Å². The molecule has 2 aromatic rings. The van der Waals surface area contributed by atoms with Crippen LogP contribution in [0.15, 0.2) is 42.5 Å². The van der Waals surface area contributed by atoms with Crippen LogP contribution in [-0.4, -0.2) is 36.9 Å². The highest BCUT2D eigenvalue weighted by Crippen LogP contribution is 2.18. The van der Waals surface area contributed by atoms with Crippen molar-refractivity contribution in [2.24, 2.45) is 0 Å². The average Bonchev–Trinajstić information content (AvgIpc) is 2.55. The van der Waals surface area contributed by atoms with Gasteiger partial charge in [-0.2, -0.15) is 0 Å². The molecule has 0 aliphatic heterocycles. The molecule has 0 saturated carbocycles. The SMILES string of the molecule is Cc1ccc(OCC(=O)N(C)CC(=O)Nc2ccc(F)cc2)c(C)c1. The number of likely N-dealkylation sites (N-methyl/N-ethyl adjacent to an activating group) is 1. The lowest BCUT2D eigenvalue weighted by atomic mass is 10.1. The molecule has 0 fully saturated rings. The first-order chi connectivity index (χ1) is 11.8. The van der Waals surface area contributed by atoms with Gasteiger partial charge in [0, 0.05) is 12.7 Å². The van der Waals surface area contributed by atoms with Crippen molar-refractivity contribution in [2.45, 2.75) is 13.8 Å². The molecule has 0 heterocycles. The van der Waals surface area contributed by atoms with Crippen molar-refractivity contribution in [3.63, 3.8) is 0 Å². The molecule has 0 radical (unpaired) electrons. The summed E-state index contributed by atoms with van der Waals surface area (Å²) in [6, 6.07) is 11.1. The summed E-state index contributed by atoms with van der Waals surface area (Å²) in [6.07, 6.45) is 0. The maximum absolute atomic E-state index is 12.8. The van der Waals surface area contributed by atoms with Crippen molar-refractivity contribution < 1.29 is 18.7 Å². The number of hydrogen-bond donors (Lipinski definition) is 1. The van der Waals surface area contributed by atoms with Crippen LogP contribution < -0.4 is 10.1 Å². The first kappa shape index (κ1) is 18.4. The maximum atomic E-state index is 12.8. The topological polar surface area (TPSA) is 58.6 Å². The van der Waals surface area contributed by atoms with Crippen LogP contribution >= 0.6 is 0 Å². The Bertz CT molecular complexity index is 760. The Hall–Kier alpha value is -2.89. The number of carbonyl (C=O) groups is 2. The van der Waals surface area contributed by atoms with E-state index in [0.717, 1.165) is 11.1 Å². The van der Waals surface area contributed by atoms with Gasteiger partial charge in [-0.1, -0.05) is 17.7 Å². The number of nitrogens with one attached hydrogen (secondary N) is 1. The molecule has 25 heavy (non-hydrogen) atoms. The van der Waals surface area contributed by atoms with Gasteiger partial charge >= 0.3 is 0 Å². The minimum Gasteiger partial charge on any atom is -0.484 e. The zero-order chi connectivity index (χ0) is 18.4. The monoisotopic (exact) mass is 344 g/mol. The maximum Gasteiger partial charge on any atom is 0.260 e. The van der Waals surface area contributed by atoms with Crippen LogP contribution in [0.2, 0.25) is 0 Å². The molecular weight excluding hydrogens is 323 g/mol. The number of benzene rings is 2. The Balaban J connectivity index is 1.82. The smallest absolute Gasteiger partial charge is 0.260 e. The van der Waals surface area contributed by atoms with Crippen LogP contribution in [0.4, 0.5) is 10.1 Å². The summed E-state index contributed by atoms with van der Waals surface area (Å²) >= 11 is 0. The van der Waals surface area contributed by atoms with Gasteiger partial charge in [-0.05, 0) is 49.7 Å². The predicted octanol–water partition coefficient (Wildman–Crippen LogP) is 2.92. The summed E-state index contributed by atoms with van der Waals surface area (Å²) < 4.78 is 18.4. The van der Waals surface area contributed by atoms with Crippen LogP contribution in [0, 0.1) is 19.7 Å². The third-order valence-corrected chi connectivity index (χ3v) is 3.62. The van der Waals surface area contributed by atoms with Crippen LogP contribution in [0.5, 0.6) is 5.75 Å². The van der Waals surface area contributed by atoms with Crippen molar-refractivity contribution in [1.29, 1.82) is 0 Å². The molecule has 6 heteroatoms. The Morgan fingerprint density at radius 1 is 1.12 bits per heavy atom. The Morgan fingerprint density at radius 3 is 2.44 bits per heavy atom. The summed E-state index contributed by atoms with van der Waals surface area (Å²) in [6.45, 7) is 3.62. The van der Waals surface area contributed by atoms with E-state index in [4.69, 9.17) is 4.74 Å². The molecule has 2 aromatic carbocycles. The average molecular weight is 344 g/mol. The standard InChI is InChI=1S/C19H21FN2O3/c1-13-4-9-17(14(2)10-13)25-12-19(24)22(3)11-18(23)21-16-7-5-15(20)6-8-16/h4-10H,11-12H2,1-3H3,(H,21,23). The molecule has 0 bridgehead atoms. The van der Waals surface area contributed by atoms with Crippen molar-refractivity contribution in [3.8, 4) is 5.75 Å². The molecule has 2 rings (SSSR count). The second-order valence-electron chi connectivity index (χ2n) is 5.86. The van der Waals surface area contributed by atoms with Gasteiger partial charge in [-0.25, -0.2) is 4.39 Å². The number of amides is 2. The normalized spacial score (nSPS) is 10.2. The summed E-state index contributed by atoms with van der Waals surface area (Å²) in [5.74, 6) is -0.417. The molecule has 0 aliphatic rings. The van der Waals surface area contributed by atoms with Gasteiger partial charge < -0.3 is 15.0 Å². The van der Waals surface area contributed by atoms with Gasteiger partial charge in [0.15, 0.2) is 6.61 Å².